The number of fused-ring (bicyclic) bond motifs is 1. The molecule has 1 saturated carbocycles. The molecule has 2 fully saturated rings. The molecule has 0 spiro atoms. The number of halogens is 2. The standard InChI is InChI=1S/C25H30Cl2N4O2/c1-33-15-18-8-5-13-30(18)25(32)22-23(16-6-3-2-4-7-16)29-21-11-12-28-31(21)24(22)17-9-10-19(26)20(27)14-17/h9-12,14,16,18,22,24H,2-8,13,15H2,1H3/t18-,22?,24?/m0/s1. The summed E-state index contributed by atoms with van der Waals surface area (Å²) < 4.78 is 7.33. The van der Waals surface area contributed by atoms with Crippen molar-refractivity contribution >= 4 is 40.6 Å². The summed E-state index contributed by atoms with van der Waals surface area (Å²) in [5.74, 6) is 0.807. The van der Waals surface area contributed by atoms with Crippen LogP contribution < -0.4 is 0 Å². The second kappa shape index (κ2) is 9.77. The van der Waals surface area contributed by atoms with Gasteiger partial charge in [0.15, 0.2) is 5.82 Å². The molecular weight excluding hydrogens is 459 g/mol. The van der Waals surface area contributed by atoms with Crippen molar-refractivity contribution in [3.05, 3.63) is 46.1 Å². The van der Waals surface area contributed by atoms with Crippen LogP contribution in [-0.4, -0.2) is 52.6 Å². The fraction of sp³-hybridized carbons (Fsp3) is 0.560. The molecule has 8 heteroatoms. The summed E-state index contributed by atoms with van der Waals surface area (Å²) >= 11 is 12.7. The van der Waals surface area contributed by atoms with Crippen LogP contribution in [0.5, 0.6) is 0 Å². The Morgan fingerprint density at radius 3 is 2.67 bits per heavy atom. The number of amides is 1. The lowest BCUT2D eigenvalue weighted by Crippen LogP contribution is -2.49. The van der Waals surface area contributed by atoms with Gasteiger partial charge in [0.1, 0.15) is 5.92 Å². The van der Waals surface area contributed by atoms with Gasteiger partial charge in [-0.25, -0.2) is 9.67 Å². The number of benzene rings is 1. The predicted molar refractivity (Wildman–Crippen MR) is 131 cm³/mol. The number of aliphatic imine (C=N–C) groups is 1. The highest BCUT2D eigenvalue weighted by atomic mass is 35.5. The minimum atomic E-state index is -0.421. The second-order valence-electron chi connectivity index (χ2n) is 9.38. The van der Waals surface area contributed by atoms with Gasteiger partial charge in [-0.05, 0) is 49.3 Å². The first-order valence-corrected chi connectivity index (χ1v) is 12.7. The van der Waals surface area contributed by atoms with Gasteiger partial charge in [0, 0.05) is 25.4 Å². The molecule has 2 unspecified atom stereocenters. The van der Waals surface area contributed by atoms with Crippen LogP contribution >= 0.6 is 23.2 Å². The third-order valence-electron chi connectivity index (χ3n) is 7.38. The van der Waals surface area contributed by atoms with Crippen LogP contribution in [0.4, 0.5) is 5.82 Å². The van der Waals surface area contributed by atoms with Crippen LogP contribution in [0.15, 0.2) is 35.5 Å². The Balaban J connectivity index is 1.62. The number of methoxy groups -OCH3 is 1. The van der Waals surface area contributed by atoms with Crippen molar-refractivity contribution in [3.63, 3.8) is 0 Å². The lowest BCUT2D eigenvalue weighted by atomic mass is 9.76. The van der Waals surface area contributed by atoms with E-state index in [2.05, 4.69) is 5.10 Å². The van der Waals surface area contributed by atoms with Gasteiger partial charge in [-0.15, -0.1) is 0 Å². The number of likely N-dealkylation sites (tertiary alicyclic amines) is 1. The molecule has 3 atom stereocenters. The molecule has 6 nitrogen and oxygen atoms in total. The van der Waals surface area contributed by atoms with Crippen molar-refractivity contribution in [1.82, 2.24) is 14.7 Å². The Bertz CT molecular complexity index is 1050. The first-order chi connectivity index (χ1) is 16.1. The number of hydrogen-bond acceptors (Lipinski definition) is 4. The van der Waals surface area contributed by atoms with Crippen molar-refractivity contribution in [2.45, 2.75) is 57.0 Å². The van der Waals surface area contributed by atoms with Crippen LogP contribution in [-0.2, 0) is 9.53 Å². The number of hydrogen-bond donors (Lipinski definition) is 0. The highest BCUT2D eigenvalue weighted by Gasteiger charge is 2.46. The maximum absolute atomic E-state index is 14.3. The Morgan fingerprint density at radius 2 is 1.91 bits per heavy atom. The van der Waals surface area contributed by atoms with Gasteiger partial charge in [-0.2, -0.15) is 5.10 Å². The van der Waals surface area contributed by atoms with E-state index in [4.69, 9.17) is 32.9 Å². The molecule has 2 aromatic rings. The smallest absolute Gasteiger partial charge is 0.234 e. The van der Waals surface area contributed by atoms with Gasteiger partial charge >= 0.3 is 0 Å². The molecule has 176 valence electrons. The summed E-state index contributed by atoms with van der Waals surface area (Å²) in [4.78, 5) is 21.4. The number of aromatic nitrogens is 2. The number of rotatable bonds is 5. The molecule has 3 heterocycles. The van der Waals surface area contributed by atoms with Gasteiger partial charge < -0.3 is 9.64 Å². The summed E-state index contributed by atoms with van der Waals surface area (Å²) in [5, 5.41) is 5.58. The molecule has 1 aromatic heterocycles. The monoisotopic (exact) mass is 488 g/mol. The van der Waals surface area contributed by atoms with Gasteiger partial charge in [-0.3, -0.25) is 4.79 Å². The minimum Gasteiger partial charge on any atom is -0.383 e. The van der Waals surface area contributed by atoms with E-state index in [0.29, 0.717) is 22.6 Å². The molecule has 5 rings (SSSR count). The minimum absolute atomic E-state index is 0.101. The zero-order valence-electron chi connectivity index (χ0n) is 18.9. The van der Waals surface area contributed by atoms with E-state index < -0.39 is 5.92 Å². The van der Waals surface area contributed by atoms with Gasteiger partial charge in [0.2, 0.25) is 5.91 Å². The summed E-state index contributed by atoms with van der Waals surface area (Å²) in [6, 6.07) is 7.36. The molecule has 0 bridgehead atoms. The lowest BCUT2D eigenvalue weighted by Gasteiger charge is -2.39. The topological polar surface area (TPSA) is 59.7 Å². The van der Waals surface area contributed by atoms with Crippen LogP contribution in [0.3, 0.4) is 0 Å². The average molecular weight is 489 g/mol. The molecule has 1 aliphatic carbocycles. The van der Waals surface area contributed by atoms with E-state index in [9.17, 15) is 4.79 Å². The molecule has 0 N–H and O–H groups in total. The SMILES string of the molecule is COC[C@@H]1CCCN1C(=O)C1C(C2CCCCC2)=Nc2ccnn2C1c1ccc(Cl)c(Cl)c1. The maximum Gasteiger partial charge on any atom is 0.234 e. The molecule has 2 aliphatic heterocycles. The molecular formula is C25H30Cl2N4O2. The molecule has 1 amide bonds. The normalized spacial score (nSPS) is 25.7. The Morgan fingerprint density at radius 1 is 1.09 bits per heavy atom. The van der Waals surface area contributed by atoms with Crippen molar-refractivity contribution in [3.8, 4) is 0 Å². The third-order valence-corrected chi connectivity index (χ3v) is 8.12. The number of carbonyl (C=O) groups is 1. The highest BCUT2D eigenvalue weighted by molar-refractivity contribution is 6.42. The van der Waals surface area contributed by atoms with Crippen LogP contribution in [0.2, 0.25) is 10.0 Å². The average Bonchev–Trinajstić information content (AvgIpc) is 3.49. The second-order valence-corrected chi connectivity index (χ2v) is 10.2. The first kappa shape index (κ1) is 22.9. The Hall–Kier alpha value is -1.89. The molecule has 33 heavy (non-hydrogen) atoms. The molecule has 1 aromatic carbocycles. The fourth-order valence-corrected chi connectivity index (χ4v) is 6.13. The Kier molecular flexibility index (Phi) is 6.77. The van der Waals surface area contributed by atoms with Crippen molar-refractivity contribution in [1.29, 1.82) is 0 Å². The zero-order chi connectivity index (χ0) is 22.9. The van der Waals surface area contributed by atoms with Gasteiger partial charge in [-0.1, -0.05) is 48.5 Å². The Labute approximate surface area is 204 Å². The van der Waals surface area contributed by atoms with E-state index in [1.54, 1.807) is 19.4 Å². The number of ether oxygens (including phenoxy) is 1. The van der Waals surface area contributed by atoms with E-state index >= 15 is 0 Å². The van der Waals surface area contributed by atoms with E-state index in [0.717, 1.165) is 49.3 Å². The highest BCUT2D eigenvalue weighted by Crippen LogP contribution is 2.43. The van der Waals surface area contributed by atoms with Crippen LogP contribution in [0.1, 0.15) is 56.6 Å². The van der Waals surface area contributed by atoms with Crippen molar-refractivity contribution in [2.75, 3.05) is 20.3 Å². The van der Waals surface area contributed by atoms with Gasteiger partial charge in [0.05, 0.1) is 34.9 Å². The fourth-order valence-electron chi connectivity index (χ4n) is 5.82. The first-order valence-electron chi connectivity index (χ1n) is 11.9. The summed E-state index contributed by atoms with van der Waals surface area (Å²) in [7, 11) is 1.70. The molecule has 1 saturated heterocycles. The largest absolute Gasteiger partial charge is 0.383 e. The predicted octanol–water partition coefficient (Wildman–Crippen LogP) is 5.70. The van der Waals surface area contributed by atoms with Crippen LogP contribution in [0.25, 0.3) is 0 Å². The summed E-state index contributed by atoms with van der Waals surface area (Å²) in [6.45, 7) is 1.31. The summed E-state index contributed by atoms with van der Waals surface area (Å²) in [6.07, 6.45) is 9.48. The van der Waals surface area contributed by atoms with E-state index in [1.165, 1.54) is 19.3 Å². The maximum atomic E-state index is 14.3. The number of nitrogens with zero attached hydrogens (tertiary/aromatic N) is 4. The summed E-state index contributed by atoms with van der Waals surface area (Å²) in [5.41, 5.74) is 1.94. The number of carbonyl (C=O) groups excluding carboxylic acids is 1. The van der Waals surface area contributed by atoms with Crippen LogP contribution in [0, 0.1) is 11.8 Å². The molecule has 0 radical (unpaired) electrons. The zero-order valence-corrected chi connectivity index (χ0v) is 20.4. The third kappa shape index (κ3) is 4.33. The van der Waals surface area contributed by atoms with E-state index in [1.807, 2.05) is 27.8 Å². The quantitative estimate of drug-likeness (QED) is 0.542. The van der Waals surface area contributed by atoms with Crippen molar-refractivity contribution in [2.24, 2.45) is 16.8 Å². The lowest BCUT2D eigenvalue weighted by molar-refractivity contribution is -0.136. The molecule has 3 aliphatic rings. The van der Waals surface area contributed by atoms with E-state index in [-0.39, 0.29) is 18.0 Å². The van der Waals surface area contributed by atoms with Gasteiger partial charge in [0.25, 0.3) is 0 Å². The van der Waals surface area contributed by atoms with Crippen molar-refractivity contribution < 1.29 is 9.53 Å².